The van der Waals surface area contributed by atoms with Crippen molar-refractivity contribution >= 4 is 50.6 Å². The molecule has 1 aliphatic heterocycles. The molecule has 1 atom stereocenters. The van der Waals surface area contributed by atoms with Gasteiger partial charge in [-0.1, -0.05) is 30.1 Å². The van der Waals surface area contributed by atoms with Gasteiger partial charge in [0.2, 0.25) is 0 Å². The number of rotatable bonds is 5. The van der Waals surface area contributed by atoms with E-state index in [1.54, 1.807) is 34.6 Å². The van der Waals surface area contributed by atoms with Crippen LogP contribution in [0.2, 0.25) is 0 Å². The van der Waals surface area contributed by atoms with E-state index in [1.165, 1.54) is 23.5 Å². The van der Waals surface area contributed by atoms with Crippen molar-refractivity contribution in [3.05, 3.63) is 64.4 Å². The Balaban J connectivity index is 1.60. The monoisotopic (exact) mass is 479 g/mol. The van der Waals surface area contributed by atoms with Crippen molar-refractivity contribution in [1.29, 1.82) is 0 Å². The first kappa shape index (κ1) is 21.8. The third-order valence-corrected chi connectivity index (χ3v) is 7.62. The van der Waals surface area contributed by atoms with Crippen molar-refractivity contribution < 1.29 is 9.18 Å². The number of piperidine rings is 1. The van der Waals surface area contributed by atoms with E-state index in [4.69, 9.17) is 0 Å². The van der Waals surface area contributed by atoms with Crippen LogP contribution >= 0.6 is 22.7 Å². The van der Waals surface area contributed by atoms with Gasteiger partial charge in [-0.3, -0.25) is 9.69 Å². The number of amides is 1. The quantitative estimate of drug-likeness (QED) is 0.420. The van der Waals surface area contributed by atoms with Crippen molar-refractivity contribution in [2.75, 3.05) is 18.0 Å². The van der Waals surface area contributed by atoms with Gasteiger partial charge in [0.25, 0.3) is 5.91 Å². The van der Waals surface area contributed by atoms with Crippen LogP contribution in [0.4, 0.5) is 10.2 Å². The molecule has 9 heteroatoms. The predicted molar refractivity (Wildman–Crippen MR) is 132 cm³/mol. The second kappa shape index (κ2) is 9.09. The first-order chi connectivity index (χ1) is 16.1. The maximum Gasteiger partial charge on any atom is 0.262 e. The number of aryl methyl sites for hydroxylation is 1. The van der Waals surface area contributed by atoms with Crippen LogP contribution in [0, 0.1) is 12.7 Å². The molecule has 0 aliphatic carbocycles. The van der Waals surface area contributed by atoms with Crippen molar-refractivity contribution in [3.63, 3.8) is 0 Å². The molecule has 1 amide bonds. The van der Waals surface area contributed by atoms with Crippen LogP contribution < -0.4 is 10.2 Å². The largest absolute Gasteiger partial charge is 0.315 e. The Kier molecular flexibility index (Phi) is 6.01. The molecule has 6 nitrogen and oxygen atoms in total. The number of thiophene rings is 1. The van der Waals surface area contributed by atoms with Crippen LogP contribution in [-0.2, 0) is 0 Å². The van der Waals surface area contributed by atoms with Crippen LogP contribution in [-0.4, -0.2) is 40.2 Å². The molecule has 3 aromatic heterocycles. The Morgan fingerprint density at radius 1 is 1.33 bits per heavy atom. The number of carbonyl (C=O) groups excluding carboxylic acids is 1. The van der Waals surface area contributed by atoms with Gasteiger partial charge in [0.05, 0.1) is 11.6 Å². The topological polar surface area (TPSA) is 71.0 Å². The number of nitrogens with one attached hydrogen (secondary N) is 1. The molecule has 0 bridgehead atoms. The Morgan fingerprint density at radius 3 is 2.91 bits per heavy atom. The molecule has 1 fully saturated rings. The molecule has 33 heavy (non-hydrogen) atoms. The van der Waals surface area contributed by atoms with Crippen LogP contribution in [0.15, 0.2) is 42.4 Å². The number of benzene rings is 1. The first-order valence-electron chi connectivity index (χ1n) is 10.7. The number of hydrogen-bond donors (Lipinski definition) is 1. The minimum Gasteiger partial charge on any atom is -0.315 e. The van der Waals surface area contributed by atoms with Gasteiger partial charge in [0, 0.05) is 28.4 Å². The molecule has 0 spiro atoms. The maximum absolute atomic E-state index is 15.3. The Bertz CT molecular complexity index is 1340. The summed E-state index contributed by atoms with van der Waals surface area (Å²) in [5.41, 5.74) is 1.54. The zero-order chi connectivity index (χ0) is 22.9. The molecule has 1 saturated heterocycles. The fraction of sp³-hybridized carbons (Fsp3) is 0.250. The lowest BCUT2D eigenvalue weighted by molar-refractivity contribution is 0.0968. The number of nitrogens with zero attached hydrogens (tertiary/aromatic N) is 4. The molecule has 4 heterocycles. The third kappa shape index (κ3) is 4.07. The van der Waals surface area contributed by atoms with Crippen LogP contribution in [0.1, 0.15) is 33.8 Å². The number of pyridine rings is 1. The molecule has 1 aliphatic rings. The van der Waals surface area contributed by atoms with Gasteiger partial charge >= 0.3 is 0 Å². The Labute approximate surface area is 198 Å². The van der Waals surface area contributed by atoms with E-state index in [2.05, 4.69) is 27.1 Å². The summed E-state index contributed by atoms with van der Waals surface area (Å²) in [6.07, 6.45) is 5.22. The summed E-state index contributed by atoms with van der Waals surface area (Å²) in [4.78, 5) is 20.1. The number of carbonyl (C=O) groups is 1. The minimum absolute atomic E-state index is 0.0137. The van der Waals surface area contributed by atoms with Gasteiger partial charge in [-0.05, 0) is 55.5 Å². The van der Waals surface area contributed by atoms with Crippen molar-refractivity contribution in [2.45, 2.75) is 25.8 Å². The Hall–Kier alpha value is -3.01. The lowest BCUT2D eigenvalue weighted by atomic mass is 10.0. The average Bonchev–Trinajstić information content (AvgIpc) is 3.46. The highest BCUT2D eigenvalue weighted by Crippen LogP contribution is 2.36. The van der Waals surface area contributed by atoms with E-state index in [0.717, 1.165) is 40.0 Å². The molecule has 4 aromatic rings. The summed E-state index contributed by atoms with van der Waals surface area (Å²) in [5, 5.41) is 15.7. The van der Waals surface area contributed by atoms with Crippen molar-refractivity contribution in [1.82, 2.24) is 20.5 Å². The zero-order valence-corrected chi connectivity index (χ0v) is 19.7. The summed E-state index contributed by atoms with van der Waals surface area (Å²) in [6.45, 7) is 7.29. The number of hydrogen-bond acceptors (Lipinski definition) is 7. The molecule has 1 aromatic carbocycles. The molecule has 5 rings (SSSR count). The SMILES string of the molecule is C=Cc1csc2ccnc(N(C(=O)c3ccc(-c4nnc(C)s4)cc3F)[C@@H]3CCCNC3)c12. The highest BCUT2D eigenvalue weighted by atomic mass is 32.1. The Morgan fingerprint density at radius 2 is 2.21 bits per heavy atom. The molecular weight excluding hydrogens is 457 g/mol. The molecule has 1 N–H and O–H groups in total. The van der Waals surface area contributed by atoms with Gasteiger partial charge < -0.3 is 5.32 Å². The molecule has 0 unspecified atom stereocenters. The van der Waals surface area contributed by atoms with Crippen molar-refractivity contribution in [2.24, 2.45) is 0 Å². The summed E-state index contributed by atoms with van der Waals surface area (Å²) >= 11 is 2.96. The van der Waals surface area contributed by atoms with E-state index in [1.807, 2.05) is 18.4 Å². The van der Waals surface area contributed by atoms with E-state index in [-0.39, 0.29) is 11.6 Å². The lowest BCUT2D eigenvalue weighted by Gasteiger charge is -2.34. The van der Waals surface area contributed by atoms with E-state index in [0.29, 0.717) is 22.9 Å². The van der Waals surface area contributed by atoms with Crippen molar-refractivity contribution in [3.8, 4) is 10.6 Å². The number of fused-ring (bicyclic) bond motifs is 1. The van der Waals surface area contributed by atoms with Crippen LogP contribution in [0.25, 0.3) is 26.7 Å². The second-order valence-corrected chi connectivity index (χ2v) is 9.99. The van der Waals surface area contributed by atoms with Gasteiger partial charge in [0.15, 0.2) is 0 Å². The standard InChI is InChI=1S/C24H22FN5OS2/c1-3-15-13-32-20-8-10-27-22(21(15)20)30(17-5-4-9-26-12-17)24(31)18-7-6-16(11-19(18)25)23-29-28-14(2)33-23/h3,6-8,10-11,13,17,26H,1,4-5,9,12H2,2H3/t17-/m1/s1. The highest BCUT2D eigenvalue weighted by molar-refractivity contribution is 7.17. The zero-order valence-electron chi connectivity index (χ0n) is 18.0. The summed E-state index contributed by atoms with van der Waals surface area (Å²) in [6, 6.07) is 6.42. The van der Waals surface area contributed by atoms with Gasteiger partial charge in [0.1, 0.15) is 21.7 Å². The summed E-state index contributed by atoms with van der Waals surface area (Å²) in [5.74, 6) is -0.437. The summed E-state index contributed by atoms with van der Waals surface area (Å²) in [7, 11) is 0. The lowest BCUT2D eigenvalue weighted by Crippen LogP contribution is -2.49. The first-order valence-corrected chi connectivity index (χ1v) is 12.4. The maximum atomic E-state index is 15.3. The third-order valence-electron chi connectivity index (χ3n) is 5.77. The number of aromatic nitrogens is 3. The van der Waals surface area contributed by atoms with Crippen LogP contribution in [0.3, 0.4) is 0 Å². The highest BCUT2D eigenvalue weighted by Gasteiger charge is 2.32. The van der Waals surface area contributed by atoms with E-state index >= 15 is 4.39 Å². The second-order valence-electron chi connectivity index (χ2n) is 7.90. The molecule has 0 saturated carbocycles. The smallest absolute Gasteiger partial charge is 0.262 e. The van der Waals surface area contributed by atoms with Gasteiger partial charge in [-0.2, -0.15) is 0 Å². The van der Waals surface area contributed by atoms with E-state index in [9.17, 15) is 4.79 Å². The fourth-order valence-corrected chi connectivity index (χ4v) is 5.80. The van der Waals surface area contributed by atoms with Gasteiger partial charge in [-0.15, -0.1) is 21.5 Å². The summed E-state index contributed by atoms with van der Waals surface area (Å²) < 4.78 is 16.3. The number of anilines is 1. The van der Waals surface area contributed by atoms with E-state index < -0.39 is 11.7 Å². The molecule has 0 radical (unpaired) electrons. The fourth-order valence-electron chi connectivity index (χ4n) is 4.18. The number of halogens is 1. The predicted octanol–water partition coefficient (Wildman–Crippen LogP) is 5.30. The molecular formula is C24H22FN5OS2. The van der Waals surface area contributed by atoms with Gasteiger partial charge in [-0.25, -0.2) is 9.37 Å². The minimum atomic E-state index is -0.583. The average molecular weight is 480 g/mol. The normalized spacial score (nSPS) is 16.1. The van der Waals surface area contributed by atoms with Crippen LogP contribution in [0.5, 0.6) is 0 Å². The molecule has 168 valence electrons.